The molecule has 0 radical (unpaired) electrons. The van der Waals surface area contributed by atoms with E-state index in [0.29, 0.717) is 24.4 Å². The highest BCUT2D eigenvalue weighted by Crippen LogP contribution is 2.29. The molecule has 3 heterocycles. The minimum atomic E-state index is -1.39. The van der Waals surface area contributed by atoms with E-state index in [2.05, 4.69) is 15.5 Å². The van der Waals surface area contributed by atoms with Gasteiger partial charge < -0.3 is 14.6 Å². The molecule has 11 heteroatoms. The zero-order valence-electron chi connectivity index (χ0n) is 18.1. The van der Waals surface area contributed by atoms with E-state index in [1.54, 1.807) is 0 Å². The Labute approximate surface area is 193 Å². The summed E-state index contributed by atoms with van der Waals surface area (Å²) < 4.78 is 19.0. The van der Waals surface area contributed by atoms with Crippen molar-refractivity contribution in [3.63, 3.8) is 0 Å². The number of nitrogens with zero attached hydrogens (tertiary/aromatic N) is 4. The highest BCUT2D eigenvalue weighted by molar-refractivity contribution is 7.13. The SMILES string of the molecule is CCCN(Cc1nnc(-c2cccs2)o1)C(=O)CN1C(=O)N[C@@](C)(c2ccc(F)cc2)C1=O. The highest BCUT2D eigenvalue weighted by Gasteiger charge is 2.49. The van der Waals surface area contributed by atoms with Gasteiger partial charge in [0.25, 0.3) is 11.8 Å². The number of benzene rings is 1. The molecule has 1 aliphatic heterocycles. The molecular weight excluding hydrogens is 449 g/mol. The maximum Gasteiger partial charge on any atom is 0.325 e. The van der Waals surface area contributed by atoms with E-state index in [-0.39, 0.29) is 12.4 Å². The summed E-state index contributed by atoms with van der Waals surface area (Å²) in [5.41, 5.74) is -0.961. The van der Waals surface area contributed by atoms with Gasteiger partial charge >= 0.3 is 6.03 Å². The van der Waals surface area contributed by atoms with E-state index in [0.717, 1.165) is 9.78 Å². The zero-order valence-corrected chi connectivity index (χ0v) is 18.9. The molecule has 1 aromatic carbocycles. The van der Waals surface area contributed by atoms with Crippen LogP contribution in [0.5, 0.6) is 0 Å². The van der Waals surface area contributed by atoms with Crippen LogP contribution in [0, 0.1) is 5.82 Å². The third-order valence-electron chi connectivity index (χ3n) is 5.36. The number of carbonyl (C=O) groups is 3. The van der Waals surface area contributed by atoms with Crippen molar-refractivity contribution < 1.29 is 23.2 Å². The minimum Gasteiger partial charge on any atom is -0.418 e. The van der Waals surface area contributed by atoms with Gasteiger partial charge in [-0.1, -0.05) is 25.1 Å². The topological polar surface area (TPSA) is 109 Å². The smallest absolute Gasteiger partial charge is 0.325 e. The van der Waals surface area contributed by atoms with Crippen molar-refractivity contribution in [1.29, 1.82) is 0 Å². The number of hydrogen-bond acceptors (Lipinski definition) is 7. The normalized spacial score (nSPS) is 18.0. The molecule has 3 aromatic rings. The van der Waals surface area contributed by atoms with Gasteiger partial charge in [-0.05, 0) is 42.5 Å². The van der Waals surface area contributed by atoms with Crippen molar-refractivity contribution in [3.8, 4) is 10.8 Å². The Morgan fingerprint density at radius 3 is 2.67 bits per heavy atom. The van der Waals surface area contributed by atoms with Crippen LogP contribution >= 0.6 is 11.3 Å². The van der Waals surface area contributed by atoms with Crippen molar-refractivity contribution in [3.05, 3.63) is 59.0 Å². The predicted octanol–water partition coefficient (Wildman–Crippen LogP) is 3.14. The summed E-state index contributed by atoms with van der Waals surface area (Å²) >= 11 is 1.46. The number of hydrogen-bond donors (Lipinski definition) is 1. The molecule has 1 N–H and O–H groups in total. The Hall–Kier alpha value is -3.60. The van der Waals surface area contributed by atoms with Crippen molar-refractivity contribution in [1.82, 2.24) is 25.3 Å². The molecular formula is C22H22FN5O4S. The highest BCUT2D eigenvalue weighted by atomic mass is 32.1. The molecule has 2 aromatic heterocycles. The van der Waals surface area contributed by atoms with Gasteiger partial charge in [0.15, 0.2) is 0 Å². The third-order valence-corrected chi connectivity index (χ3v) is 6.22. The molecule has 172 valence electrons. The number of thiophene rings is 1. The zero-order chi connectivity index (χ0) is 23.6. The van der Waals surface area contributed by atoms with Gasteiger partial charge in [-0.2, -0.15) is 0 Å². The molecule has 4 amide bonds. The van der Waals surface area contributed by atoms with Gasteiger partial charge in [0.1, 0.15) is 17.9 Å². The van der Waals surface area contributed by atoms with Crippen molar-refractivity contribution >= 4 is 29.2 Å². The second kappa shape index (κ2) is 9.10. The summed E-state index contributed by atoms with van der Waals surface area (Å²) in [5, 5.41) is 12.5. The lowest BCUT2D eigenvalue weighted by atomic mass is 9.92. The predicted molar refractivity (Wildman–Crippen MR) is 117 cm³/mol. The summed E-state index contributed by atoms with van der Waals surface area (Å²) in [7, 11) is 0. The first kappa shape index (κ1) is 22.6. The number of nitrogens with one attached hydrogen (secondary N) is 1. The Morgan fingerprint density at radius 1 is 1.24 bits per heavy atom. The average molecular weight is 472 g/mol. The van der Waals surface area contributed by atoms with Crippen molar-refractivity contribution in [2.45, 2.75) is 32.4 Å². The summed E-state index contributed by atoms with van der Waals surface area (Å²) in [6.07, 6.45) is 0.658. The number of amides is 4. The molecule has 0 aliphatic carbocycles. The van der Waals surface area contributed by atoms with Gasteiger partial charge in [-0.25, -0.2) is 9.18 Å². The minimum absolute atomic E-state index is 0.0595. The van der Waals surface area contributed by atoms with E-state index < -0.39 is 35.7 Å². The van der Waals surface area contributed by atoms with Gasteiger partial charge in [0.2, 0.25) is 11.8 Å². The molecule has 4 rings (SSSR count). The first-order chi connectivity index (χ1) is 15.8. The van der Waals surface area contributed by atoms with E-state index in [9.17, 15) is 18.8 Å². The fraction of sp³-hybridized carbons (Fsp3) is 0.318. The van der Waals surface area contributed by atoms with Crippen LogP contribution in [0.2, 0.25) is 0 Å². The fourth-order valence-corrected chi connectivity index (χ4v) is 4.24. The summed E-state index contributed by atoms with van der Waals surface area (Å²) in [5.74, 6) is -0.840. The molecule has 33 heavy (non-hydrogen) atoms. The van der Waals surface area contributed by atoms with E-state index >= 15 is 0 Å². The van der Waals surface area contributed by atoms with Gasteiger partial charge in [0.05, 0.1) is 11.4 Å². The largest absolute Gasteiger partial charge is 0.418 e. The Kier molecular flexibility index (Phi) is 6.23. The maximum absolute atomic E-state index is 13.3. The molecule has 0 bridgehead atoms. The molecule has 0 unspecified atom stereocenters. The van der Waals surface area contributed by atoms with Crippen LogP contribution in [0.4, 0.5) is 9.18 Å². The molecule has 1 aliphatic rings. The summed E-state index contributed by atoms with van der Waals surface area (Å²) in [4.78, 5) is 41.8. The molecule has 1 atom stereocenters. The van der Waals surface area contributed by atoms with Gasteiger partial charge in [-0.15, -0.1) is 21.5 Å². The van der Waals surface area contributed by atoms with Crippen LogP contribution < -0.4 is 5.32 Å². The summed E-state index contributed by atoms with van der Waals surface area (Å²) in [6, 6.07) is 8.33. The third kappa shape index (κ3) is 4.49. The number of imide groups is 1. The lowest BCUT2D eigenvalue weighted by Gasteiger charge is -2.24. The van der Waals surface area contributed by atoms with Crippen LogP contribution in [-0.4, -0.2) is 50.9 Å². The first-order valence-corrected chi connectivity index (χ1v) is 11.2. The maximum atomic E-state index is 13.3. The molecule has 1 fully saturated rings. The Bertz CT molecular complexity index is 1160. The Balaban J connectivity index is 1.47. The molecule has 0 saturated carbocycles. The van der Waals surface area contributed by atoms with Gasteiger partial charge in [0, 0.05) is 6.54 Å². The van der Waals surface area contributed by atoms with Crippen LogP contribution in [0.1, 0.15) is 31.7 Å². The first-order valence-electron chi connectivity index (χ1n) is 10.4. The number of urea groups is 1. The Morgan fingerprint density at radius 2 is 2.00 bits per heavy atom. The number of halogens is 1. The molecule has 9 nitrogen and oxygen atoms in total. The quantitative estimate of drug-likeness (QED) is 0.506. The average Bonchev–Trinajstić information content (AvgIpc) is 3.52. The van der Waals surface area contributed by atoms with E-state index in [1.165, 1.54) is 47.4 Å². The number of rotatable bonds is 8. The lowest BCUT2D eigenvalue weighted by Crippen LogP contribution is -2.44. The fourth-order valence-electron chi connectivity index (χ4n) is 3.60. The number of aromatic nitrogens is 2. The lowest BCUT2D eigenvalue weighted by molar-refractivity contribution is -0.139. The van der Waals surface area contributed by atoms with Crippen LogP contribution in [0.25, 0.3) is 10.8 Å². The second-order valence-electron chi connectivity index (χ2n) is 7.75. The molecule has 1 saturated heterocycles. The standard InChI is InChI=1S/C22H22FN5O4S/c1-3-10-27(12-17-25-26-19(32-17)16-5-4-11-33-16)18(29)13-28-20(30)22(2,24-21(28)31)14-6-8-15(23)9-7-14/h4-9,11H,3,10,12-13H2,1-2H3,(H,24,31)/t22-/m0/s1. The van der Waals surface area contributed by atoms with E-state index in [4.69, 9.17) is 4.42 Å². The van der Waals surface area contributed by atoms with Gasteiger partial charge in [-0.3, -0.25) is 14.5 Å². The van der Waals surface area contributed by atoms with Crippen molar-refractivity contribution in [2.24, 2.45) is 0 Å². The second-order valence-corrected chi connectivity index (χ2v) is 8.69. The molecule has 0 spiro atoms. The summed E-state index contributed by atoms with van der Waals surface area (Å²) in [6.45, 7) is 3.44. The van der Waals surface area contributed by atoms with E-state index in [1.807, 2.05) is 24.4 Å². The monoisotopic (exact) mass is 471 g/mol. The number of carbonyl (C=O) groups excluding carboxylic acids is 3. The van der Waals surface area contributed by atoms with Crippen LogP contribution in [0.3, 0.4) is 0 Å². The van der Waals surface area contributed by atoms with Crippen molar-refractivity contribution in [2.75, 3.05) is 13.1 Å². The van der Waals surface area contributed by atoms with Crippen LogP contribution in [0.15, 0.2) is 46.2 Å². The van der Waals surface area contributed by atoms with Crippen LogP contribution in [-0.2, 0) is 21.7 Å².